The number of sulfonamides is 1. The van der Waals surface area contributed by atoms with Gasteiger partial charge in [0.15, 0.2) is 5.03 Å². The van der Waals surface area contributed by atoms with Gasteiger partial charge in [-0.3, -0.25) is 9.89 Å². The number of carbonyl (C=O) groups is 1. The summed E-state index contributed by atoms with van der Waals surface area (Å²) >= 11 is 0. The molecule has 0 radical (unpaired) electrons. The van der Waals surface area contributed by atoms with Crippen molar-refractivity contribution in [1.82, 2.24) is 25.1 Å². The van der Waals surface area contributed by atoms with Crippen LogP contribution in [0.5, 0.6) is 0 Å². The molecular weight excluding hydrogens is 270 g/mol. The largest absolute Gasteiger partial charge is 0.355 e. The third kappa shape index (κ3) is 2.77. The zero-order valence-electron chi connectivity index (χ0n) is 10.6. The topological polar surface area (TPSA) is 107 Å². The van der Waals surface area contributed by atoms with Gasteiger partial charge in [0, 0.05) is 26.2 Å². The molecule has 1 aliphatic rings. The zero-order valence-corrected chi connectivity index (χ0v) is 11.4. The fraction of sp³-hybridized carbons (Fsp3) is 0.600. The SMILES string of the molecule is CCNC(=O)C1CNCCN1S(=O)(=O)c1ccn[nH]1. The van der Waals surface area contributed by atoms with E-state index in [1.54, 1.807) is 6.92 Å². The van der Waals surface area contributed by atoms with Crippen molar-refractivity contribution in [2.45, 2.75) is 18.0 Å². The summed E-state index contributed by atoms with van der Waals surface area (Å²) in [6, 6.07) is 0.647. The van der Waals surface area contributed by atoms with E-state index < -0.39 is 16.1 Å². The summed E-state index contributed by atoms with van der Waals surface area (Å²) in [5.74, 6) is -0.294. The van der Waals surface area contributed by atoms with E-state index >= 15 is 0 Å². The lowest BCUT2D eigenvalue weighted by atomic mass is 10.2. The van der Waals surface area contributed by atoms with Crippen LogP contribution >= 0.6 is 0 Å². The molecule has 8 nitrogen and oxygen atoms in total. The Bertz CT molecular complexity index is 527. The third-order valence-electron chi connectivity index (χ3n) is 2.91. The first-order chi connectivity index (χ1) is 9.07. The highest BCUT2D eigenvalue weighted by molar-refractivity contribution is 7.89. The Kier molecular flexibility index (Phi) is 4.17. The van der Waals surface area contributed by atoms with E-state index in [0.717, 1.165) is 0 Å². The van der Waals surface area contributed by atoms with Crippen molar-refractivity contribution < 1.29 is 13.2 Å². The Morgan fingerprint density at radius 1 is 1.63 bits per heavy atom. The van der Waals surface area contributed by atoms with Gasteiger partial charge in [-0.05, 0) is 13.0 Å². The van der Waals surface area contributed by atoms with Gasteiger partial charge in [-0.1, -0.05) is 0 Å². The molecular formula is C10H17N5O3S. The lowest BCUT2D eigenvalue weighted by Crippen LogP contribution is -2.59. The van der Waals surface area contributed by atoms with Crippen molar-refractivity contribution in [3.63, 3.8) is 0 Å². The molecule has 1 unspecified atom stereocenters. The van der Waals surface area contributed by atoms with Gasteiger partial charge < -0.3 is 10.6 Å². The Balaban J connectivity index is 2.27. The van der Waals surface area contributed by atoms with Crippen LogP contribution in [-0.4, -0.2) is 61.0 Å². The van der Waals surface area contributed by atoms with Crippen molar-refractivity contribution in [3.05, 3.63) is 12.3 Å². The Morgan fingerprint density at radius 2 is 2.42 bits per heavy atom. The molecule has 0 saturated carbocycles. The first-order valence-electron chi connectivity index (χ1n) is 6.07. The molecule has 1 saturated heterocycles. The van der Waals surface area contributed by atoms with Gasteiger partial charge in [-0.25, -0.2) is 8.42 Å². The summed E-state index contributed by atoms with van der Waals surface area (Å²) in [5, 5.41) is 11.8. The molecule has 106 valence electrons. The van der Waals surface area contributed by atoms with Gasteiger partial charge >= 0.3 is 0 Å². The number of hydrogen-bond acceptors (Lipinski definition) is 5. The number of hydrogen-bond donors (Lipinski definition) is 3. The van der Waals surface area contributed by atoms with Crippen LogP contribution in [0, 0.1) is 0 Å². The van der Waals surface area contributed by atoms with Crippen LogP contribution in [0.15, 0.2) is 17.3 Å². The average Bonchev–Trinajstić information content (AvgIpc) is 2.93. The highest BCUT2D eigenvalue weighted by Gasteiger charge is 2.38. The quantitative estimate of drug-likeness (QED) is 0.625. The van der Waals surface area contributed by atoms with Crippen LogP contribution in [0.1, 0.15) is 6.92 Å². The minimum absolute atomic E-state index is 0.00342. The first kappa shape index (κ1) is 14.0. The van der Waals surface area contributed by atoms with Gasteiger partial charge in [0.25, 0.3) is 10.0 Å². The van der Waals surface area contributed by atoms with E-state index in [-0.39, 0.29) is 17.5 Å². The normalized spacial score (nSPS) is 21.2. The molecule has 2 rings (SSSR count). The summed E-state index contributed by atoms with van der Waals surface area (Å²) in [7, 11) is -3.72. The molecule has 0 aliphatic carbocycles. The number of carbonyl (C=O) groups excluding carboxylic acids is 1. The molecule has 1 amide bonds. The minimum Gasteiger partial charge on any atom is -0.355 e. The number of amides is 1. The lowest BCUT2D eigenvalue weighted by Gasteiger charge is -2.33. The van der Waals surface area contributed by atoms with Crippen LogP contribution in [0.25, 0.3) is 0 Å². The smallest absolute Gasteiger partial charge is 0.260 e. The predicted octanol–water partition coefficient (Wildman–Crippen LogP) is -1.49. The van der Waals surface area contributed by atoms with Crippen LogP contribution < -0.4 is 10.6 Å². The second-order valence-corrected chi connectivity index (χ2v) is 6.01. The van der Waals surface area contributed by atoms with Crippen LogP contribution in [0.3, 0.4) is 0 Å². The maximum atomic E-state index is 12.4. The monoisotopic (exact) mass is 287 g/mol. The molecule has 2 heterocycles. The Hall–Kier alpha value is -1.45. The number of H-pyrrole nitrogens is 1. The molecule has 19 heavy (non-hydrogen) atoms. The molecule has 0 bridgehead atoms. The Morgan fingerprint density at radius 3 is 3.05 bits per heavy atom. The van der Waals surface area contributed by atoms with Crippen molar-refractivity contribution in [3.8, 4) is 0 Å². The number of rotatable bonds is 4. The van der Waals surface area contributed by atoms with Gasteiger partial charge in [-0.15, -0.1) is 0 Å². The fourth-order valence-electron chi connectivity index (χ4n) is 2.00. The summed E-state index contributed by atoms with van der Waals surface area (Å²) in [4.78, 5) is 11.9. The second-order valence-electron chi connectivity index (χ2n) is 4.15. The Labute approximate surface area is 111 Å². The number of piperazine rings is 1. The van der Waals surface area contributed by atoms with Gasteiger partial charge in [0.2, 0.25) is 5.91 Å². The van der Waals surface area contributed by atoms with E-state index in [0.29, 0.717) is 19.6 Å². The third-order valence-corrected chi connectivity index (χ3v) is 4.75. The van der Waals surface area contributed by atoms with E-state index in [1.807, 2.05) is 0 Å². The lowest BCUT2D eigenvalue weighted by molar-refractivity contribution is -0.125. The van der Waals surface area contributed by atoms with Crippen molar-refractivity contribution in [2.75, 3.05) is 26.2 Å². The summed E-state index contributed by atoms with van der Waals surface area (Å²) in [6.45, 7) is 3.33. The van der Waals surface area contributed by atoms with Gasteiger partial charge in [0.1, 0.15) is 6.04 Å². The molecule has 1 atom stereocenters. The summed E-state index contributed by atoms with van der Waals surface area (Å²) in [6.07, 6.45) is 1.37. The number of nitrogens with one attached hydrogen (secondary N) is 3. The van der Waals surface area contributed by atoms with Crippen molar-refractivity contribution in [2.24, 2.45) is 0 Å². The number of likely N-dealkylation sites (N-methyl/N-ethyl adjacent to an activating group) is 1. The summed E-state index contributed by atoms with van der Waals surface area (Å²) in [5.41, 5.74) is 0. The number of nitrogens with zero attached hydrogens (tertiary/aromatic N) is 2. The molecule has 1 fully saturated rings. The summed E-state index contributed by atoms with van der Waals surface area (Å²) < 4.78 is 26.0. The first-order valence-corrected chi connectivity index (χ1v) is 7.51. The second kappa shape index (κ2) is 5.68. The highest BCUT2D eigenvalue weighted by Crippen LogP contribution is 2.17. The van der Waals surface area contributed by atoms with E-state index in [9.17, 15) is 13.2 Å². The van der Waals surface area contributed by atoms with Crippen LogP contribution in [0.4, 0.5) is 0 Å². The highest BCUT2D eigenvalue weighted by atomic mass is 32.2. The standard InChI is InChI=1S/C10H17N5O3S/c1-2-12-10(16)8-7-11-5-6-15(8)19(17,18)9-3-4-13-14-9/h3-4,8,11H,2,5-7H2,1H3,(H,12,16)(H,13,14). The van der Waals surface area contributed by atoms with Gasteiger partial charge in [0.05, 0.1) is 6.20 Å². The predicted molar refractivity (Wildman–Crippen MR) is 67.8 cm³/mol. The van der Waals surface area contributed by atoms with Crippen LogP contribution in [-0.2, 0) is 14.8 Å². The average molecular weight is 287 g/mol. The molecule has 3 N–H and O–H groups in total. The van der Waals surface area contributed by atoms with E-state index in [4.69, 9.17) is 0 Å². The van der Waals surface area contributed by atoms with E-state index in [2.05, 4.69) is 20.8 Å². The fourth-order valence-corrected chi connectivity index (χ4v) is 3.49. The number of aromatic nitrogens is 2. The van der Waals surface area contributed by atoms with Gasteiger partial charge in [-0.2, -0.15) is 9.40 Å². The van der Waals surface area contributed by atoms with Crippen LogP contribution in [0.2, 0.25) is 0 Å². The minimum atomic E-state index is -3.72. The molecule has 9 heteroatoms. The molecule has 1 aromatic heterocycles. The van der Waals surface area contributed by atoms with E-state index in [1.165, 1.54) is 16.6 Å². The van der Waals surface area contributed by atoms with Crippen molar-refractivity contribution in [1.29, 1.82) is 0 Å². The molecule has 0 spiro atoms. The zero-order chi connectivity index (χ0) is 13.9. The molecule has 0 aromatic carbocycles. The van der Waals surface area contributed by atoms with Crippen molar-refractivity contribution >= 4 is 15.9 Å². The molecule has 1 aromatic rings. The maximum absolute atomic E-state index is 12.4. The molecule has 1 aliphatic heterocycles. The maximum Gasteiger partial charge on any atom is 0.260 e. The number of aromatic amines is 1.